The van der Waals surface area contributed by atoms with Crippen molar-refractivity contribution in [1.29, 1.82) is 0 Å². The number of carbonyl (C=O) groups is 1. The topological polar surface area (TPSA) is 56.1 Å². The van der Waals surface area contributed by atoms with E-state index in [1.165, 1.54) is 12.1 Å². The van der Waals surface area contributed by atoms with E-state index in [0.29, 0.717) is 5.69 Å². The number of amides is 1. The monoisotopic (exact) mass is 383 g/mol. The molecule has 0 saturated heterocycles. The SMILES string of the molecule is O=C(NCc1ccc(OC(F)F)cc1)c1nn(-c2ccccc2)c2c1CCC2. The van der Waals surface area contributed by atoms with Crippen LogP contribution in [0.1, 0.15) is 33.7 Å². The Hall–Kier alpha value is -3.22. The van der Waals surface area contributed by atoms with Crippen molar-refractivity contribution in [3.63, 3.8) is 0 Å². The highest BCUT2D eigenvalue weighted by Gasteiger charge is 2.26. The van der Waals surface area contributed by atoms with Gasteiger partial charge in [-0.2, -0.15) is 13.9 Å². The lowest BCUT2D eigenvalue weighted by atomic mass is 10.1. The number of nitrogens with zero attached hydrogens (tertiary/aromatic N) is 2. The van der Waals surface area contributed by atoms with Gasteiger partial charge in [0.2, 0.25) is 0 Å². The van der Waals surface area contributed by atoms with E-state index in [-0.39, 0.29) is 18.2 Å². The molecule has 0 aliphatic heterocycles. The summed E-state index contributed by atoms with van der Waals surface area (Å²) < 4.78 is 30.6. The Morgan fingerprint density at radius 3 is 2.57 bits per heavy atom. The summed E-state index contributed by atoms with van der Waals surface area (Å²) >= 11 is 0. The zero-order chi connectivity index (χ0) is 19.5. The van der Waals surface area contributed by atoms with Gasteiger partial charge in [-0.1, -0.05) is 30.3 Å². The van der Waals surface area contributed by atoms with Crippen molar-refractivity contribution in [2.75, 3.05) is 0 Å². The molecule has 1 amide bonds. The highest BCUT2D eigenvalue weighted by atomic mass is 19.3. The number of ether oxygens (including phenoxy) is 1. The van der Waals surface area contributed by atoms with E-state index >= 15 is 0 Å². The van der Waals surface area contributed by atoms with Crippen molar-refractivity contribution in [3.8, 4) is 11.4 Å². The van der Waals surface area contributed by atoms with E-state index < -0.39 is 6.61 Å². The Kier molecular flexibility index (Phi) is 5.06. The molecule has 0 fully saturated rings. The molecule has 0 atom stereocenters. The van der Waals surface area contributed by atoms with Gasteiger partial charge in [0.25, 0.3) is 5.91 Å². The maximum Gasteiger partial charge on any atom is 0.387 e. The van der Waals surface area contributed by atoms with Gasteiger partial charge in [-0.15, -0.1) is 0 Å². The van der Waals surface area contributed by atoms with Crippen LogP contribution in [0.15, 0.2) is 54.6 Å². The average Bonchev–Trinajstić information content (AvgIpc) is 3.30. The summed E-state index contributed by atoms with van der Waals surface area (Å²) in [5, 5.41) is 7.43. The fourth-order valence-corrected chi connectivity index (χ4v) is 3.46. The Morgan fingerprint density at radius 2 is 1.86 bits per heavy atom. The van der Waals surface area contributed by atoms with Crippen LogP contribution in [0.25, 0.3) is 5.69 Å². The number of nitrogens with one attached hydrogen (secondary N) is 1. The molecule has 1 N–H and O–H groups in total. The molecule has 144 valence electrons. The molecular formula is C21H19F2N3O2. The first kappa shape index (κ1) is 18.2. The van der Waals surface area contributed by atoms with Crippen LogP contribution in [0.4, 0.5) is 8.78 Å². The molecule has 7 heteroatoms. The van der Waals surface area contributed by atoms with Crippen LogP contribution in [0.3, 0.4) is 0 Å². The minimum atomic E-state index is -2.85. The van der Waals surface area contributed by atoms with Gasteiger partial charge in [0.1, 0.15) is 5.75 Å². The molecule has 5 nitrogen and oxygen atoms in total. The predicted molar refractivity (Wildman–Crippen MR) is 99.8 cm³/mol. The van der Waals surface area contributed by atoms with E-state index in [9.17, 15) is 13.6 Å². The van der Waals surface area contributed by atoms with E-state index in [2.05, 4.69) is 15.2 Å². The molecule has 0 saturated carbocycles. The second kappa shape index (κ2) is 7.80. The van der Waals surface area contributed by atoms with Gasteiger partial charge in [-0.05, 0) is 49.1 Å². The van der Waals surface area contributed by atoms with E-state index in [1.54, 1.807) is 12.1 Å². The summed E-state index contributed by atoms with van der Waals surface area (Å²) in [5.74, 6) is -0.148. The predicted octanol–water partition coefficient (Wildman–Crippen LogP) is 3.89. The van der Waals surface area contributed by atoms with Crippen molar-refractivity contribution >= 4 is 5.91 Å². The fraction of sp³-hybridized carbons (Fsp3) is 0.238. The molecular weight excluding hydrogens is 364 g/mol. The molecule has 1 heterocycles. The van der Waals surface area contributed by atoms with Gasteiger partial charge < -0.3 is 10.1 Å². The van der Waals surface area contributed by atoms with Crippen LogP contribution in [-0.4, -0.2) is 22.3 Å². The number of para-hydroxylation sites is 1. The lowest BCUT2D eigenvalue weighted by Crippen LogP contribution is -2.24. The van der Waals surface area contributed by atoms with Crippen molar-refractivity contribution in [2.45, 2.75) is 32.4 Å². The molecule has 0 bridgehead atoms. The van der Waals surface area contributed by atoms with Gasteiger partial charge in [0.05, 0.1) is 5.69 Å². The van der Waals surface area contributed by atoms with Gasteiger partial charge in [-0.3, -0.25) is 4.79 Å². The lowest BCUT2D eigenvalue weighted by Gasteiger charge is -2.07. The molecule has 2 aromatic carbocycles. The first-order chi connectivity index (χ1) is 13.6. The van der Waals surface area contributed by atoms with Crippen molar-refractivity contribution in [3.05, 3.63) is 77.1 Å². The third kappa shape index (κ3) is 3.74. The number of hydrogen-bond acceptors (Lipinski definition) is 3. The average molecular weight is 383 g/mol. The summed E-state index contributed by atoms with van der Waals surface area (Å²) in [7, 11) is 0. The first-order valence-corrected chi connectivity index (χ1v) is 9.10. The molecule has 4 rings (SSSR count). The Bertz CT molecular complexity index is 969. The molecule has 1 aliphatic rings. The second-order valence-corrected chi connectivity index (χ2v) is 6.58. The number of fused-ring (bicyclic) bond motifs is 1. The number of benzene rings is 2. The van der Waals surface area contributed by atoms with Gasteiger partial charge in [-0.25, -0.2) is 4.68 Å². The summed E-state index contributed by atoms with van der Waals surface area (Å²) in [4.78, 5) is 12.7. The van der Waals surface area contributed by atoms with E-state index in [1.807, 2.05) is 35.0 Å². The molecule has 0 radical (unpaired) electrons. The first-order valence-electron chi connectivity index (χ1n) is 9.10. The number of alkyl halides is 2. The van der Waals surface area contributed by atoms with Crippen LogP contribution in [0.5, 0.6) is 5.75 Å². The standard InChI is InChI=1S/C21H19F2N3O2/c22-21(23)28-16-11-9-14(10-12-16)13-24-20(27)19-17-7-4-8-18(17)26(25-19)15-5-2-1-3-6-15/h1-3,5-6,9-12,21H,4,7-8,13H2,(H,24,27). The molecule has 28 heavy (non-hydrogen) atoms. The molecule has 0 spiro atoms. The number of aromatic nitrogens is 2. The molecule has 1 aliphatic carbocycles. The number of halogens is 2. The molecule has 0 unspecified atom stereocenters. The summed E-state index contributed by atoms with van der Waals surface area (Å²) in [6, 6.07) is 16.0. The summed E-state index contributed by atoms with van der Waals surface area (Å²) in [6.45, 7) is -2.58. The van der Waals surface area contributed by atoms with Crippen molar-refractivity contribution in [1.82, 2.24) is 15.1 Å². The highest BCUT2D eigenvalue weighted by molar-refractivity contribution is 5.94. The third-order valence-electron chi connectivity index (χ3n) is 4.75. The lowest BCUT2D eigenvalue weighted by molar-refractivity contribution is -0.0498. The Balaban J connectivity index is 1.48. The van der Waals surface area contributed by atoms with Gasteiger partial charge in [0.15, 0.2) is 5.69 Å². The Labute approximate surface area is 160 Å². The largest absolute Gasteiger partial charge is 0.435 e. The summed E-state index contributed by atoms with van der Waals surface area (Å²) in [6.07, 6.45) is 2.74. The minimum absolute atomic E-state index is 0.0875. The summed E-state index contributed by atoms with van der Waals surface area (Å²) in [5.41, 5.74) is 4.27. The maximum absolute atomic E-state index is 12.7. The fourth-order valence-electron chi connectivity index (χ4n) is 3.46. The normalized spacial score (nSPS) is 12.8. The van der Waals surface area contributed by atoms with Crippen LogP contribution in [-0.2, 0) is 19.4 Å². The second-order valence-electron chi connectivity index (χ2n) is 6.58. The van der Waals surface area contributed by atoms with Crippen LogP contribution >= 0.6 is 0 Å². The van der Waals surface area contributed by atoms with Gasteiger partial charge >= 0.3 is 6.61 Å². The van der Waals surface area contributed by atoms with E-state index in [0.717, 1.165) is 41.8 Å². The number of carbonyl (C=O) groups excluding carboxylic acids is 1. The zero-order valence-corrected chi connectivity index (χ0v) is 15.1. The number of hydrogen-bond donors (Lipinski definition) is 1. The third-order valence-corrected chi connectivity index (χ3v) is 4.75. The zero-order valence-electron chi connectivity index (χ0n) is 15.1. The number of rotatable bonds is 6. The van der Waals surface area contributed by atoms with E-state index in [4.69, 9.17) is 0 Å². The quantitative estimate of drug-likeness (QED) is 0.703. The van der Waals surface area contributed by atoms with Crippen LogP contribution in [0.2, 0.25) is 0 Å². The Morgan fingerprint density at radius 1 is 1.11 bits per heavy atom. The molecule has 1 aromatic heterocycles. The van der Waals surface area contributed by atoms with Crippen LogP contribution < -0.4 is 10.1 Å². The van der Waals surface area contributed by atoms with Crippen molar-refractivity contribution in [2.24, 2.45) is 0 Å². The maximum atomic E-state index is 12.7. The smallest absolute Gasteiger partial charge is 0.387 e. The highest BCUT2D eigenvalue weighted by Crippen LogP contribution is 2.27. The minimum Gasteiger partial charge on any atom is -0.435 e. The van der Waals surface area contributed by atoms with Crippen LogP contribution in [0, 0.1) is 0 Å². The molecule has 3 aromatic rings. The van der Waals surface area contributed by atoms with Crippen molar-refractivity contribution < 1.29 is 18.3 Å². The van der Waals surface area contributed by atoms with Gasteiger partial charge in [0, 0.05) is 17.8 Å².